The standard InChI is InChI=1S/C19H23NO2.ClH/c1-20(2)13-16-11-10-14-6-3-4-9-18(14)19(16,22)15-7-5-8-17(21)12-15;/h3-9,12,16,21-22H,10-11,13H2,1-2H3;1H. The fourth-order valence-electron chi connectivity index (χ4n) is 3.67. The number of aromatic hydroxyl groups is 1. The third-order valence-electron chi connectivity index (χ3n) is 4.65. The zero-order valence-electron chi connectivity index (χ0n) is 13.6. The van der Waals surface area contributed by atoms with E-state index in [0.29, 0.717) is 0 Å². The summed E-state index contributed by atoms with van der Waals surface area (Å²) >= 11 is 0. The van der Waals surface area contributed by atoms with Crippen molar-refractivity contribution in [1.29, 1.82) is 0 Å². The van der Waals surface area contributed by atoms with Crippen molar-refractivity contribution in [3.8, 4) is 5.75 Å². The van der Waals surface area contributed by atoms with Crippen LogP contribution < -0.4 is 0 Å². The minimum atomic E-state index is -1.06. The van der Waals surface area contributed by atoms with E-state index in [1.165, 1.54) is 5.56 Å². The van der Waals surface area contributed by atoms with Gasteiger partial charge in [0.1, 0.15) is 11.4 Å². The van der Waals surface area contributed by atoms with Crippen LogP contribution in [0.15, 0.2) is 48.5 Å². The lowest BCUT2D eigenvalue weighted by atomic mass is 9.68. The number of phenolic OH excluding ortho intramolecular Hbond substituents is 1. The number of fused-ring (bicyclic) bond motifs is 1. The Hall–Kier alpha value is -1.55. The van der Waals surface area contributed by atoms with Gasteiger partial charge in [-0.05, 0) is 55.8 Å². The van der Waals surface area contributed by atoms with Crippen molar-refractivity contribution >= 4 is 12.4 Å². The second kappa shape index (κ2) is 6.91. The van der Waals surface area contributed by atoms with Crippen molar-refractivity contribution in [2.45, 2.75) is 18.4 Å². The maximum Gasteiger partial charge on any atom is 0.119 e. The molecule has 0 saturated carbocycles. The number of benzene rings is 2. The molecule has 1 aliphatic rings. The number of halogens is 1. The molecule has 4 heteroatoms. The van der Waals surface area contributed by atoms with Crippen LogP contribution in [0.2, 0.25) is 0 Å². The normalized spacial score (nSPS) is 23.2. The molecule has 0 aromatic heterocycles. The van der Waals surface area contributed by atoms with Crippen molar-refractivity contribution < 1.29 is 10.2 Å². The molecule has 0 radical (unpaired) electrons. The quantitative estimate of drug-likeness (QED) is 0.906. The van der Waals surface area contributed by atoms with Crippen LogP contribution in [0.4, 0.5) is 0 Å². The SMILES string of the molecule is CN(C)CC1CCc2ccccc2C1(O)c1cccc(O)c1.Cl. The Morgan fingerprint density at radius 2 is 1.87 bits per heavy atom. The molecule has 2 atom stereocenters. The van der Waals surface area contributed by atoms with Gasteiger partial charge in [-0.25, -0.2) is 0 Å². The molecule has 2 unspecified atom stereocenters. The summed E-state index contributed by atoms with van der Waals surface area (Å²) in [5.41, 5.74) is 1.88. The van der Waals surface area contributed by atoms with Crippen molar-refractivity contribution in [3.63, 3.8) is 0 Å². The Labute approximate surface area is 144 Å². The molecule has 2 N–H and O–H groups in total. The van der Waals surface area contributed by atoms with E-state index < -0.39 is 5.60 Å². The van der Waals surface area contributed by atoms with Crippen molar-refractivity contribution in [3.05, 3.63) is 65.2 Å². The summed E-state index contributed by atoms with van der Waals surface area (Å²) in [6.45, 7) is 0.806. The summed E-state index contributed by atoms with van der Waals surface area (Å²) in [7, 11) is 4.06. The molecule has 0 aliphatic heterocycles. The molecule has 2 aromatic rings. The van der Waals surface area contributed by atoms with Gasteiger partial charge in [0.25, 0.3) is 0 Å². The zero-order chi connectivity index (χ0) is 15.7. The Morgan fingerprint density at radius 3 is 2.57 bits per heavy atom. The van der Waals surface area contributed by atoms with Gasteiger partial charge in [-0.3, -0.25) is 0 Å². The van der Waals surface area contributed by atoms with Crippen molar-refractivity contribution in [1.82, 2.24) is 4.90 Å². The predicted molar refractivity (Wildman–Crippen MR) is 95.2 cm³/mol. The van der Waals surface area contributed by atoms with Crippen LogP contribution in [-0.4, -0.2) is 35.8 Å². The highest BCUT2D eigenvalue weighted by atomic mass is 35.5. The lowest BCUT2D eigenvalue weighted by molar-refractivity contribution is -0.00651. The second-order valence-electron chi connectivity index (χ2n) is 6.47. The monoisotopic (exact) mass is 333 g/mol. The highest BCUT2D eigenvalue weighted by Crippen LogP contribution is 2.45. The van der Waals surface area contributed by atoms with Gasteiger partial charge in [0.05, 0.1) is 0 Å². The van der Waals surface area contributed by atoms with Crippen LogP contribution in [0, 0.1) is 5.92 Å². The van der Waals surface area contributed by atoms with E-state index in [-0.39, 0.29) is 24.1 Å². The van der Waals surface area contributed by atoms with Crippen molar-refractivity contribution in [2.75, 3.05) is 20.6 Å². The minimum Gasteiger partial charge on any atom is -0.508 e. The summed E-state index contributed by atoms with van der Waals surface area (Å²) in [4.78, 5) is 2.12. The first-order valence-corrected chi connectivity index (χ1v) is 7.77. The van der Waals surface area contributed by atoms with Gasteiger partial charge in [-0.2, -0.15) is 0 Å². The molecule has 3 nitrogen and oxygen atoms in total. The maximum atomic E-state index is 11.7. The van der Waals surface area contributed by atoms with Crippen LogP contribution in [0.25, 0.3) is 0 Å². The number of aliphatic hydroxyl groups is 1. The van der Waals surface area contributed by atoms with Crippen LogP contribution in [0.5, 0.6) is 5.75 Å². The zero-order valence-corrected chi connectivity index (χ0v) is 14.4. The molecule has 1 aliphatic carbocycles. The third-order valence-corrected chi connectivity index (χ3v) is 4.65. The number of phenols is 1. The first-order chi connectivity index (χ1) is 10.5. The van der Waals surface area contributed by atoms with Crippen LogP contribution >= 0.6 is 12.4 Å². The van der Waals surface area contributed by atoms with Gasteiger partial charge >= 0.3 is 0 Å². The molecule has 124 valence electrons. The summed E-state index contributed by atoms with van der Waals surface area (Å²) in [6, 6.07) is 15.1. The number of hydrogen-bond acceptors (Lipinski definition) is 3. The number of rotatable bonds is 3. The van der Waals surface area contributed by atoms with Gasteiger partial charge in [-0.15, -0.1) is 12.4 Å². The highest BCUT2D eigenvalue weighted by molar-refractivity contribution is 5.85. The molecule has 2 aromatic carbocycles. The number of aryl methyl sites for hydroxylation is 1. The maximum absolute atomic E-state index is 11.7. The molecular weight excluding hydrogens is 310 g/mol. The lowest BCUT2D eigenvalue weighted by Gasteiger charge is -2.43. The smallest absolute Gasteiger partial charge is 0.119 e. The van der Waals surface area contributed by atoms with E-state index in [4.69, 9.17) is 0 Å². The first-order valence-electron chi connectivity index (χ1n) is 7.77. The Balaban J connectivity index is 0.00000192. The molecule has 0 heterocycles. The molecule has 3 rings (SSSR count). The van der Waals surface area contributed by atoms with Crippen LogP contribution in [-0.2, 0) is 12.0 Å². The van der Waals surface area contributed by atoms with Crippen LogP contribution in [0.1, 0.15) is 23.1 Å². The Morgan fingerprint density at radius 1 is 1.13 bits per heavy atom. The molecule has 0 fully saturated rings. The van der Waals surface area contributed by atoms with E-state index in [0.717, 1.165) is 30.5 Å². The summed E-state index contributed by atoms with van der Waals surface area (Å²) < 4.78 is 0. The largest absolute Gasteiger partial charge is 0.508 e. The molecule has 0 saturated heterocycles. The van der Waals surface area contributed by atoms with Gasteiger partial charge in [0, 0.05) is 12.5 Å². The Bertz CT molecular complexity index is 674. The lowest BCUT2D eigenvalue weighted by Crippen LogP contribution is -2.45. The second-order valence-corrected chi connectivity index (χ2v) is 6.47. The average molecular weight is 334 g/mol. The molecule has 23 heavy (non-hydrogen) atoms. The predicted octanol–water partition coefficient (Wildman–Crippen LogP) is 3.17. The van der Waals surface area contributed by atoms with Gasteiger partial charge in [-0.1, -0.05) is 36.4 Å². The van der Waals surface area contributed by atoms with Gasteiger partial charge in [0.2, 0.25) is 0 Å². The van der Waals surface area contributed by atoms with Crippen molar-refractivity contribution in [2.24, 2.45) is 5.92 Å². The first kappa shape index (κ1) is 17.8. The minimum absolute atomic E-state index is 0. The summed E-state index contributed by atoms with van der Waals surface area (Å²) in [6.07, 6.45) is 1.91. The fraction of sp³-hybridized carbons (Fsp3) is 0.368. The van der Waals surface area contributed by atoms with E-state index in [2.05, 4.69) is 11.0 Å². The number of hydrogen-bond donors (Lipinski definition) is 2. The van der Waals surface area contributed by atoms with E-state index in [1.807, 2.05) is 38.4 Å². The third kappa shape index (κ3) is 3.23. The van der Waals surface area contributed by atoms with E-state index in [1.54, 1.807) is 18.2 Å². The van der Waals surface area contributed by atoms with Gasteiger partial charge < -0.3 is 15.1 Å². The van der Waals surface area contributed by atoms with E-state index >= 15 is 0 Å². The molecule has 0 amide bonds. The van der Waals surface area contributed by atoms with E-state index in [9.17, 15) is 10.2 Å². The Kier molecular flexibility index (Phi) is 5.35. The topological polar surface area (TPSA) is 43.7 Å². The molecule has 0 bridgehead atoms. The summed E-state index contributed by atoms with van der Waals surface area (Å²) in [5, 5.41) is 21.5. The average Bonchev–Trinajstić information content (AvgIpc) is 2.50. The summed E-state index contributed by atoms with van der Waals surface area (Å²) in [5.74, 6) is 0.289. The van der Waals surface area contributed by atoms with Crippen LogP contribution in [0.3, 0.4) is 0 Å². The molecule has 0 spiro atoms. The van der Waals surface area contributed by atoms with Gasteiger partial charge in [0.15, 0.2) is 0 Å². The highest BCUT2D eigenvalue weighted by Gasteiger charge is 2.44. The molecular formula is C19H24ClNO2. The fourth-order valence-corrected chi connectivity index (χ4v) is 3.67. The number of nitrogens with zero attached hydrogens (tertiary/aromatic N) is 1.